The summed E-state index contributed by atoms with van der Waals surface area (Å²) in [5.41, 5.74) is 3.30. The van der Waals surface area contributed by atoms with E-state index in [-0.39, 0.29) is 36.6 Å². The van der Waals surface area contributed by atoms with Crippen molar-refractivity contribution in [3.8, 4) is 17.1 Å². The van der Waals surface area contributed by atoms with Crippen LogP contribution in [0.5, 0.6) is 5.75 Å². The van der Waals surface area contributed by atoms with E-state index in [9.17, 15) is 18.3 Å². The lowest BCUT2D eigenvalue weighted by atomic mass is 10.0. The SMILES string of the molecule is CNC(=O)c1c(-c2ccc(Nc3ccccc3)cc2)oc2cc(N(CCO)S(C)(=O)=O)c(OC(C)C)cc12. The Hall–Kier alpha value is -4.02. The summed E-state index contributed by atoms with van der Waals surface area (Å²) in [5, 5.41) is 16.0. The zero-order valence-electron chi connectivity index (χ0n) is 21.7. The summed E-state index contributed by atoms with van der Waals surface area (Å²) in [6.45, 7) is 3.08. The van der Waals surface area contributed by atoms with Gasteiger partial charge in [0.15, 0.2) is 0 Å². The van der Waals surface area contributed by atoms with Crippen LogP contribution < -0.4 is 19.7 Å². The first-order chi connectivity index (χ1) is 18.1. The van der Waals surface area contributed by atoms with Crippen LogP contribution >= 0.6 is 0 Å². The van der Waals surface area contributed by atoms with Crippen molar-refractivity contribution < 1.29 is 27.5 Å². The molecule has 0 atom stereocenters. The third-order valence-corrected chi connectivity index (χ3v) is 6.95. The van der Waals surface area contributed by atoms with Crippen molar-refractivity contribution in [3.05, 3.63) is 72.3 Å². The van der Waals surface area contributed by atoms with Crippen molar-refractivity contribution in [2.24, 2.45) is 0 Å². The second-order valence-corrected chi connectivity index (χ2v) is 10.9. The number of aliphatic hydroxyl groups is 1. The number of sulfonamides is 1. The highest BCUT2D eigenvalue weighted by Crippen LogP contribution is 2.41. The first-order valence-electron chi connectivity index (χ1n) is 12.1. The molecule has 0 unspecified atom stereocenters. The molecule has 0 aliphatic carbocycles. The summed E-state index contributed by atoms with van der Waals surface area (Å²) in [6.07, 6.45) is 0.779. The van der Waals surface area contributed by atoms with Gasteiger partial charge >= 0.3 is 0 Å². The number of furan rings is 1. The van der Waals surface area contributed by atoms with Crippen molar-refractivity contribution in [2.45, 2.75) is 20.0 Å². The van der Waals surface area contributed by atoms with Crippen LogP contribution in [0, 0.1) is 0 Å². The van der Waals surface area contributed by atoms with Crippen LogP contribution in [0.1, 0.15) is 24.2 Å². The maximum atomic E-state index is 13.0. The fourth-order valence-corrected chi connectivity index (χ4v) is 5.07. The molecule has 200 valence electrons. The number of hydrogen-bond donors (Lipinski definition) is 3. The highest BCUT2D eigenvalue weighted by molar-refractivity contribution is 7.92. The topological polar surface area (TPSA) is 121 Å². The van der Waals surface area contributed by atoms with Gasteiger partial charge in [-0.05, 0) is 56.3 Å². The van der Waals surface area contributed by atoms with E-state index >= 15 is 0 Å². The number of anilines is 3. The number of amides is 1. The minimum absolute atomic E-state index is 0.162. The molecule has 3 aromatic carbocycles. The molecular formula is C28H31N3O6S. The Morgan fingerprint density at radius 2 is 1.71 bits per heavy atom. The number of aliphatic hydroxyl groups excluding tert-OH is 1. The normalized spacial score (nSPS) is 11.5. The number of fused-ring (bicyclic) bond motifs is 1. The molecule has 38 heavy (non-hydrogen) atoms. The van der Waals surface area contributed by atoms with E-state index in [1.807, 2.05) is 68.4 Å². The number of ether oxygens (including phenoxy) is 1. The lowest BCUT2D eigenvalue weighted by Crippen LogP contribution is -2.33. The van der Waals surface area contributed by atoms with Crippen LogP contribution in [-0.4, -0.2) is 52.0 Å². The Kier molecular flexibility index (Phi) is 7.94. The quantitative estimate of drug-likeness (QED) is 0.267. The van der Waals surface area contributed by atoms with Gasteiger partial charge in [0.25, 0.3) is 5.91 Å². The molecule has 0 radical (unpaired) electrons. The molecule has 0 bridgehead atoms. The highest BCUT2D eigenvalue weighted by Gasteiger charge is 2.27. The molecule has 0 fully saturated rings. The lowest BCUT2D eigenvalue weighted by molar-refractivity contribution is 0.0964. The minimum atomic E-state index is -3.75. The summed E-state index contributed by atoms with van der Waals surface area (Å²) < 4.78 is 38.3. The second kappa shape index (κ2) is 11.2. The van der Waals surface area contributed by atoms with E-state index in [4.69, 9.17) is 9.15 Å². The number of carbonyl (C=O) groups excluding carboxylic acids is 1. The third-order valence-electron chi connectivity index (χ3n) is 5.77. The summed E-state index contributed by atoms with van der Waals surface area (Å²) >= 11 is 0. The van der Waals surface area contributed by atoms with E-state index in [0.717, 1.165) is 21.9 Å². The lowest BCUT2D eigenvalue weighted by Gasteiger charge is -2.25. The largest absolute Gasteiger partial charge is 0.489 e. The molecule has 1 aromatic heterocycles. The maximum Gasteiger partial charge on any atom is 0.255 e. The molecule has 0 saturated heterocycles. The van der Waals surface area contributed by atoms with E-state index in [2.05, 4.69) is 10.6 Å². The molecule has 9 nitrogen and oxygen atoms in total. The van der Waals surface area contributed by atoms with Gasteiger partial charge in [-0.2, -0.15) is 0 Å². The molecule has 0 aliphatic rings. The summed E-state index contributed by atoms with van der Waals surface area (Å²) in [5.74, 6) is 0.237. The molecular weight excluding hydrogens is 506 g/mol. The zero-order valence-corrected chi connectivity index (χ0v) is 22.5. The molecule has 4 rings (SSSR count). The standard InChI is InChI=1S/C28H31N3O6S/c1-18(2)36-25-16-22-24(17-23(25)31(14-15-32)38(4,34)35)37-27(26(22)28(33)29-3)19-10-12-21(13-11-19)30-20-8-6-5-7-9-20/h5-13,16-18,30,32H,14-15H2,1-4H3,(H,29,33). The van der Waals surface area contributed by atoms with Gasteiger partial charge in [-0.3, -0.25) is 9.10 Å². The number of benzene rings is 3. The van der Waals surface area contributed by atoms with Crippen molar-refractivity contribution in [2.75, 3.05) is 36.1 Å². The number of nitrogens with zero attached hydrogens (tertiary/aromatic N) is 1. The van der Waals surface area contributed by atoms with Crippen LogP contribution in [0.4, 0.5) is 17.1 Å². The molecule has 0 saturated carbocycles. The van der Waals surface area contributed by atoms with Gasteiger partial charge in [0.05, 0.1) is 36.8 Å². The Bertz CT molecular complexity index is 1530. The van der Waals surface area contributed by atoms with Crippen molar-refractivity contribution in [1.29, 1.82) is 0 Å². The monoisotopic (exact) mass is 537 g/mol. The number of nitrogens with one attached hydrogen (secondary N) is 2. The Morgan fingerprint density at radius 3 is 2.29 bits per heavy atom. The van der Waals surface area contributed by atoms with E-state index in [1.165, 1.54) is 13.1 Å². The van der Waals surface area contributed by atoms with E-state index in [0.29, 0.717) is 27.9 Å². The van der Waals surface area contributed by atoms with E-state index < -0.39 is 10.0 Å². The summed E-state index contributed by atoms with van der Waals surface area (Å²) in [4.78, 5) is 13.0. The van der Waals surface area contributed by atoms with Gasteiger partial charge in [0.1, 0.15) is 17.1 Å². The predicted molar refractivity (Wildman–Crippen MR) is 150 cm³/mol. The van der Waals surface area contributed by atoms with Gasteiger partial charge in [-0.15, -0.1) is 0 Å². The molecule has 0 spiro atoms. The van der Waals surface area contributed by atoms with Gasteiger partial charge < -0.3 is 24.9 Å². The zero-order chi connectivity index (χ0) is 27.4. The second-order valence-electron chi connectivity index (χ2n) is 9.00. The molecule has 10 heteroatoms. The Morgan fingerprint density at radius 1 is 1.05 bits per heavy atom. The van der Waals surface area contributed by atoms with Gasteiger partial charge in [0.2, 0.25) is 10.0 Å². The fraction of sp³-hybridized carbons (Fsp3) is 0.250. The van der Waals surface area contributed by atoms with E-state index in [1.54, 1.807) is 6.07 Å². The minimum Gasteiger partial charge on any atom is -0.489 e. The highest BCUT2D eigenvalue weighted by atomic mass is 32.2. The van der Waals surface area contributed by atoms with Crippen molar-refractivity contribution in [3.63, 3.8) is 0 Å². The number of para-hydroxylation sites is 1. The van der Waals surface area contributed by atoms with Gasteiger partial charge in [0, 0.05) is 35.4 Å². The average Bonchev–Trinajstić information content (AvgIpc) is 3.25. The van der Waals surface area contributed by atoms with Crippen LogP contribution in [0.3, 0.4) is 0 Å². The Labute approximate surface area is 222 Å². The van der Waals surface area contributed by atoms with Crippen molar-refractivity contribution in [1.82, 2.24) is 5.32 Å². The number of hydrogen-bond acceptors (Lipinski definition) is 7. The molecule has 1 amide bonds. The maximum absolute atomic E-state index is 13.0. The van der Waals surface area contributed by atoms with Crippen LogP contribution in [0.2, 0.25) is 0 Å². The van der Waals surface area contributed by atoms with Crippen LogP contribution in [0.15, 0.2) is 71.1 Å². The number of carbonyl (C=O) groups is 1. The van der Waals surface area contributed by atoms with Gasteiger partial charge in [-0.25, -0.2) is 8.42 Å². The predicted octanol–water partition coefficient (Wildman–Crippen LogP) is 4.75. The third kappa shape index (κ3) is 5.76. The molecule has 3 N–H and O–H groups in total. The van der Waals surface area contributed by atoms with Gasteiger partial charge in [-0.1, -0.05) is 18.2 Å². The van der Waals surface area contributed by atoms with Crippen LogP contribution in [0.25, 0.3) is 22.3 Å². The summed E-state index contributed by atoms with van der Waals surface area (Å²) in [7, 11) is -2.22. The molecule has 1 heterocycles. The van der Waals surface area contributed by atoms with Crippen molar-refractivity contribution >= 4 is 44.0 Å². The Balaban J connectivity index is 1.86. The molecule has 0 aliphatic heterocycles. The van der Waals surface area contributed by atoms with Crippen LogP contribution in [-0.2, 0) is 10.0 Å². The smallest absolute Gasteiger partial charge is 0.255 e. The first kappa shape index (κ1) is 27.0. The number of rotatable bonds is 10. The molecule has 4 aromatic rings. The first-order valence-corrected chi connectivity index (χ1v) is 14.0. The summed E-state index contributed by atoms with van der Waals surface area (Å²) in [6, 6.07) is 20.3. The fourth-order valence-electron chi connectivity index (χ4n) is 4.16. The average molecular weight is 538 g/mol.